The number of H-pyrrole nitrogens is 1. The van der Waals surface area contributed by atoms with Crippen LogP contribution in [-0.2, 0) is 0 Å². The second-order valence-corrected chi connectivity index (χ2v) is 6.63. The number of hydrogen-bond acceptors (Lipinski definition) is 4. The van der Waals surface area contributed by atoms with Gasteiger partial charge in [-0.3, -0.25) is 4.79 Å². The Hall–Kier alpha value is -3.58. The molecule has 4 heterocycles. The summed E-state index contributed by atoms with van der Waals surface area (Å²) in [5.74, 6) is -0.352. The number of imidazole rings is 1. The summed E-state index contributed by atoms with van der Waals surface area (Å²) in [7, 11) is 0. The molecule has 5 rings (SSSR count). The van der Waals surface area contributed by atoms with Crippen LogP contribution in [0.5, 0.6) is 0 Å². The van der Waals surface area contributed by atoms with Crippen molar-refractivity contribution in [3.05, 3.63) is 82.2 Å². The topological polar surface area (TPSA) is 75.9 Å². The lowest BCUT2D eigenvalue weighted by Gasteiger charge is -2.11. The van der Waals surface area contributed by atoms with Crippen LogP contribution in [0.15, 0.2) is 65.8 Å². The van der Waals surface area contributed by atoms with Gasteiger partial charge in [-0.1, -0.05) is 11.6 Å². The maximum absolute atomic E-state index is 13.4. The molecule has 0 aliphatic carbocycles. The van der Waals surface area contributed by atoms with Gasteiger partial charge in [0.2, 0.25) is 5.56 Å². The molecule has 0 aliphatic rings. The van der Waals surface area contributed by atoms with Crippen LogP contribution in [0.4, 0.5) is 4.39 Å². The number of aromatic nitrogens is 5. The fraction of sp³-hybridized carbons (Fsp3) is 0. The molecule has 0 saturated carbocycles. The van der Waals surface area contributed by atoms with E-state index in [0.29, 0.717) is 38.8 Å². The second kappa shape index (κ2) is 6.24. The highest BCUT2D eigenvalue weighted by Gasteiger charge is 2.16. The maximum atomic E-state index is 13.4. The smallest absolute Gasteiger partial charge is 0.249 e. The third-order valence-corrected chi connectivity index (χ3v) is 4.67. The van der Waals surface area contributed by atoms with Crippen molar-refractivity contribution in [2.24, 2.45) is 0 Å². The first kappa shape index (κ1) is 16.6. The van der Waals surface area contributed by atoms with Gasteiger partial charge in [0.1, 0.15) is 11.3 Å². The molecule has 1 aromatic carbocycles. The van der Waals surface area contributed by atoms with Crippen molar-refractivity contribution in [3.63, 3.8) is 0 Å². The lowest BCUT2D eigenvalue weighted by molar-refractivity contribution is 0.628. The molecule has 0 fully saturated rings. The van der Waals surface area contributed by atoms with Gasteiger partial charge in [-0.05, 0) is 36.4 Å². The standard InChI is InChI=1S/C20H11ClFN5O/c21-14-9-12(10-27-8-7-23-20(14)27)18-17(11-1-3-13(22)4-2-11)26-19-15(24-18)5-6-16(28)25-19/h1-10H,(H,25,26,28). The van der Waals surface area contributed by atoms with Crippen LogP contribution < -0.4 is 5.56 Å². The van der Waals surface area contributed by atoms with Crippen LogP contribution in [0.1, 0.15) is 0 Å². The molecule has 136 valence electrons. The molecule has 0 atom stereocenters. The van der Waals surface area contributed by atoms with Gasteiger partial charge in [0.25, 0.3) is 0 Å². The summed E-state index contributed by atoms with van der Waals surface area (Å²) in [6.45, 7) is 0. The molecule has 0 amide bonds. The van der Waals surface area contributed by atoms with Gasteiger partial charge in [-0.25, -0.2) is 19.3 Å². The average Bonchev–Trinajstić information content (AvgIpc) is 3.17. The molecule has 5 aromatic rings. The number of hydrogen-bond donors (Lipinski definition) is 1. The van der Waals surface area contributed by atoms with E-state index in [2.05, 4.69) is 15.0 Å². The van der Waals surface area contributed by atoms with Gasteiger partial charge in [-0.2, -0.15) is 0 Å². The zero-order chi connectivity index (χ0) is 19.3. The zero-order valence-corrected chi connectivity index (χ0v) is 15.0. The highest BCUT2D eigenvalue weighted by Crippen LogP contribution is 2.32. The van der Waals surface area contributed by atoms with E-state index in [0.717, 1.165) is 5.56 Å². The number of nitrogens with zero attached hydrogens (tertiary/aromatic N) is 4. The third-order valence-electron chi connectivity index (χ3n) is 4.39. The maximum Gasteiger partial charge on any atom is 0.249 e. The average molecular weight is 392 g/mol. The molecule has 28 heavy (non-hydrogen) atoms. The Labute approximate surface area is 162 Å². The SMILES string of the molecule is O=c1ccc2nc(-c3cc(Cl)c4nccn4c3)c(-c3ccc(F)cc3)nc2[nH]1. The van der Waals surface area contributed by atoms with Crippen molar-refractivity contribution in [2.45, 2.75) is 0 Å². The van der Waals surface area contributed by atoms with Gasteiger partial charge in [-0.15, -0.1) is 0 Å². The van der Waals surface area contributed by atoms with Gasteiger partial charge in [0, 0.05) is 35.8 Å². The van der Waals surface area contributed by atoms with Gasteiger partial charge >= 0.3 is 0 Å². The van der Waals surface area contributed by atoms with Crippen molar-refractivity contribution in [2.75, 3.05) is 0 Å². The fourth-order valence-electron chi connectivity index (χ4n) is 3.10. The molecule has 0 spiro atoms. The zero-order valence-electron chi connectivity index (χ0n) is 14.2. The monoisotopic (exact) mass is 391 g/mol. The van der Waals surface area contributed by atoms with E-state index in [9.17, 15) is 9.18 Å². The van der Waals surface area contributed by atoms with Crippen molar-refractivity contribution >= 4 is 28.4 Å². The molecule has 4 aromatic heterocycles. The lowest BCUT2D eigenvalue weighted by Crippen LogP contribution is -2.06. The van der Waals surface area contributed by atoms with Crippen LogP contribution in [0.2, 0.25) is 5.02 Å². The molecule has 6 nitrogen and oxygen atoms in total. The summed E-state index contributed by atoms with van der Waals surface area (Å²) in [5.41, 5.74) is 3.68. The number of aromatic amines is 1. The fourth-order valence-corrected chi connectivity index (χ4v) is 3.36. The largest absolute Gasteiger partial charge is 0.305 e. The summed E-state index contributed by atoms with van der Waals surface area (Å²) in [6.07, 6.45) is 5.29. The Balaban J connectivity index is 1.84. The predicted molar refractivity (Wildman–Crippen MR) is 105 cm³/mol. The number of rotatable bonds is 2. The number of nitrogens with one attached hydrogen (secondary N) is 1. The first-order valence-electron chi connectivity index (χ1n) is 8.38. The first-order valence-corrected chi connectivity index (χ1v) is 8.76. The van der Waals surface area contributed by atoms with Crippen LogP contribution in [-0.4, -0.2) is 24.3 Å². The Bertz CT molecular complexity index is 1410. The van der Waals surface area contributed by atoms with Crippen molar-refractivity contribution in [1.82, 2.24) is 24.3 Å². The highest BCUT2D eigenvalue weighted by atomic mass is 35.5. The summed E-state index contributed by atoms with van der Waals surface area (Å²) < 4.78 is 15.2. The molecule has 1 N–H and O–H groups in total. The van der Waals surface area contributed by atoms with E-state index in [1.807, 2.05) is 6.20 Å². The molecule has 8 heteroatoms. The third kappa shape index (κ3) is 2.73. The molecular formula is C20H11ClFN5O. The van der Waals surface area contributed by atoms with Crippen LogP contribution in [0, 0.1) is 5.82 Å². The Morgan fingerprint density at radius 3 is 2.61 bits per heavy atom. The van der Waals surface area contributed by atoms with Crippen LogP contribution >= 0.6 is 11.6 Å². The Morgan fingerprint density at radius 1 is 1.00 bits per heavy atom. The van der Waals surface area contributed by atoms with E-state index >= 15 is 0 Å². The van der Waals surface area contributed by atoms with Gasteiger partial charge in [0.15, 0.2) is 11.3 Å². The summed E-state index contributed by atoms with van der Waals surface area (Å²) in [6, 6.07) is 10.7. The normalized spacial score (nSPS) is 11.4. The number of benzene rings is 1. The second-order valence-electron chi connectivity index (χ2n) is 6.22. The molecular weight excluding hydrogens is 381 g/mol. The Kier molecular flexibility index (Phi) is 3.70. The quantitative estimate of drug-likeness (QED) is 0.491. The van der Waals surface area contributed by atoms with E-state index in [-0.39, 0.29) is 11.4 Å². The Morgan fingerprint density at radius 2 is 1.79 bits per heavy atom. The first-order chi connectivity index (χ1) is 13.6. The number of halogens is 2. The number of fused-ring (bicyclic) bond motifs is 2. The molecule has 0 saturated heterocycles. The summed E-state index contributed by atoms with van der Waals surface area (Å²) >= 11 is 6.38. The minimum atomic E-state index is -0.352. The minimum Gasteiger partial charge on any atom is -0.305 e. The highest BCUT2D eigenvalue weighted by molar-refractivity contribution is 6.33. The van der Waals surface area contributed by atoms with Crippen molar-refractivity contribution in [3.8, 4) is 22.5 Å². The van der Waals surface area contributed by atoms with Gasteiger partial charge < -0.3 is 9.38 Å². The van der Waals surface area contributed by atoms with Crippen LogP contribution in [0.3, 0.4) is 0 Å². The summed E-state index contributed by atoms with van der Waals surface area (Å²) in [4.78, 5) is 27.9. The molecule has 0 radical (unpaired) electrons. The van der Waals surface area contributed by atoms with Crippen molar-refractivity contribution < 1.29 is 4.39 Å². The lowest BCUT2D eigenvalue weighted by atomic mass is 10.0. The molecule has 0 aliphatic heterocycles. The van der Waals surface area contributed by atoms with E-state index in [1.165, 1.54) is 18.2 Å². The summed E-state index contributed by atoms with van der Waals surface area (Å²) in [5, 5.41) is 0.468. The van der Waals surface area contributed by atoms with E-state index < -0.39 is 0 Å². The minimum absolute atomic E-state index is 0.275. The van der Waals surface area contributed by atoms with Gasteiger partial charge in [0.05, 0.1) is 16.4 Å². The predicted octanol–water partition coefficient (Wildman–Crippen LogP) is 4.09. The molecule has 0 unspecified atom stereocenters. The molecule has 0 bridgehead atoms. The number of pyridine rings is 2. The van der Waals surface area contributed by atoms with E-state index in [1.54, 1.807) is 41.1 Å². The van der Waals surface area contributed by atoms with Crippen LogP contribution in [0.25, 0.3) is 39.3 Å². The van der Waals surface area contributed by atoms with E-state index in [4.69, 9.17) is 16.6 Å². The van der Waals surface area contributed by atoms with Crippen molar-refractivity contribution in [1.29, 1.82) is 0 Å².